The second-order valence-electron chi connectivity index (χ2n) is 4.27. The zero-order valence-corrected chi connectivity index (χ0v) is 11.5. The van der Waals surface area contributed by atoms with Gasteiger partial charge < -0.3 is 10.4 Å². The van der Waals surface area contributed by atoms with Crippen LogP contribution in [0.3, 0.4) is 0 Å². The summed E-state index contributed by atoms with van der Waals surface area (Å²) in [7, 11) is 0. The van der Waals surface area contributed by atoms with Crippen molar-refractivity contribution >= 4 is 23.2 Å². The summed E-state index contributed by atoms with van der Waals surface area (Å²) in [6.07, 6.45) is 0. The SMILES string of the molecule is O=C(NCc1ccc(Cl)cc1)c1cc([N+](=O)[O-])ccc1O. The zero-order chi connectivity index (χ0) is 15.4. The van der Waals surface area contributed by atoms with Crippen molar-refractivity contribution in [2.45, 2.75) is 6.54 Å². The van der Waals surface area contributed by atoms with Gasteiger partial charge in [-0.1, -0.05) is 23.7 Å². The maximum Gasteiger partial charge on any atom is 0.270 e. The number of amides is 1. The minimum absolute atomic E-state index is 0.141. The third-order valence-electron chi connectivity index (χ3n) is 2.80. The van der Waals surface area contributed by atoms with Crippen LogP contribution < -0.4 is 5.32 Å². The molecule has 0 bridgehead atoms. The number of halogens is 1. The van der Waals surface area contributed by atoms with Gasteiger partial charge in [0, 0.05) is 23.7 Å². The van der Waals surface area contributed by atoms with Crippen LogP contribution in [0.5, 0.6) is 5.75 Å². The number of hydrogen-bond donors (Lipinski definition) is 2. The predicted molar refractivity (Wildman–Crippen MR) is 77.4 cm³/mol. The molecule has 0 fully saturated rings. The van der Waals surface area contributed by atoms with Crippen LogP contribution in [-0.2, 0) is 6.54 Å². The second-order valence-corrected chi connectivity index (χ2v) is 4.70. The number of carbonyl (C=O) groups excluding carboxylic acids is 1. The van der Waals surface area contributed by atoms with Crippen molar-refractivity contribution in [1.82, 2.24) is 5.32 Å². The van der Waals surface area contributed by atoms with E-state index in [4.69, 9.17) is 11.6 Å². The fourth-order valence-electron chi connectivity index (χ4n) is 1.70. The first-order valence-electron chi connectivity index (χ1n) is 5.97. The van der Waals surface area contributed by atoms with Crippen molar-refractivity contribution in [2.24, 2.45) is 0 Å². The fourth-order valence-corrected chi connectivity index (χ4v) is 1.83. The molecule has 0 aromatic heterocycles. The van der Waals surface area contributed by atoms with Crippen LogP contribution in [0.25, 0.3) is 0 Å². The molecule has 0 heterocycles. The first-order valence-corrected chi connectivity index (χ1v) is 6.35. The monoisotopic (exact) mass is 306 g/mol. The van der Waals surface area contributed by atoms with Gasteiger partial charge in [0.25, 0.3) is 11.6 Å². The van der Waals surface area contributed by atoms with Gasteiger partial charge in [0.1, 0.15) is 5.75 Å². The van der Waals surface area contributed by atoms with Gasteiger partial charge in [-0.2, -0.15) is 0 Å². The number of nitro benzene ring substituents is 1. The van der Waals surface area contributed by atoms with E-state index < -0.39 is 10.8 Å². The van der Waals surface area contributed by atoms with Gasteiger partial charge in [-0.15, -0.1) is 0 Å². The van der Waals surface area contributed by atoms with Crippen molar-refractivity contribution in [2.75, 3.05) is 0 Å². The number of nitrogens with zero attached hydrogens (tertiary/aromatic N) is 1. The molecule has 2 N–H and O–H groups in total. The van der Waals surface area contributed by atoms with E-state index in [1.54, 1.807) is 24.3 Å². The second kappa shape index (κ2) is 6.23. The lowest BCUT2D eigenvalue weighted by atomic mass is 10.1. The summed E-state index contributed by atoms with van der Waals surface area (Å²) >= 11 is 5.75. The number of hydrogen-bond acceptors (Lipinski definition) is 4. The third-order valence-corrected chi connectivity index (χ3v) is 3.05. The average molecular weight is 307 g/mol. The molecule has 108 valence electrons. The number of rotatable bonds is 4. The molecule has 2 rings (SSSR count). The molecule has 2 aromatic rings. The highest BCUT2D eigenvalue weighted by Gasteiger charge is 2.16. The molecular weight excluding hydrogens is 296 g/mol. The normalized spacial score (nSPS) is 10.1. The first-order chi connectivity index (χ1) is 9.97. The van der Waals surface area contributed by atoms with E-state index in [9.17, 15) is 20.0 Å². The van der Waals surface area contributed by atoms with Gasteiger partial charge in [0.2, 0.25) is 0 Å². The van der Waals surface area contributed by atoms with Gasteiger partial charge >= 0.3 is 0 Å². The molecule has 6 nitrogen and oxygen atoms in total. The zero-order valence-electron chi connectivity index (χ0n) is 10.7. The first kappa shape index (κ1) is 14.8. The molecule has 0 spiro atoms. The molecule has 21 heavy (non-hydrogen) atoms. The van der Waals surface area contributed by atoms with Crippen LogP contribution in [0.2, 0.25) is 5.02 Å². The van der Waals surface area contributed by atoms with Crippen LogP contribution in [0, 0.1) is 10.1 Å². The van der Waals surface area contributed by atoms with Crippen molar-refractivity contribution in [3.05, 3.63) is 68.7 Å². The molecule has 0 aliphatic carbocycles. The van der Waals surface area contributed by atoms with Gasteiger partial charge in [-0.05, 0) is 23.8 Å². The maximum absolute atomic E-state index is 12.0. The Morgan fingerprint density at radius 3 is 2.52 bits per heavy atom. The highest BCUT2D eigenvalue weighted by Crippen LogP contribution is 2.22. The van der Waals surface area contributed by atoms with Crippen LogP contribution in [0.1, 0.15) is 15.9 Å². The average Bonchev–Trinajstić information content (AvgIpc) is 2.46. The van der Waals surface area contributed by atoms with E-state index in [0.29, 0.717) is 5.02 Å². The summed E-state index contributed by atoms with van der Waals surface area (Å²) in [6.45, 7) is 0.220. The Morgan fingerprint density at radius 2 is 1.90 bits per heavy atom. The Hall–Kier alpha value is -2.60. The minimum atomic E-state index is -0.630. The molecule has 0 unspecified atom stereocenters. The highest BCUT2D eigenvalue weighted by molar-refractivity contribution is 6.30. The number of aromatic hydroxyl groups is 1. The van der Waals surface area contributed by atoms with Crippen LogP contribution in [0.15, 0.2) is 42.5 Å². The van der Waals surface area contributed by atoms with E-state index in [1.165, 1.54) is 0 Å². The molecule has 0 saturated heterocycles. The fraction of sp³-hybridized carbons (Fsp3) is 0.0714. The summed E-state index contributed by atoms with van der Waals surface area (Å²) in [5.74, 6) is -0.902. The Kier molecular flexibility index (Phi) is 4.39. The quantitative estimate of drug-likeness (QED) is 0.671. The van der Waals surface area contributed by atoms with E-state index >= 15 is 0 Å². The number of non-ortho nitro benzene ring substituents is 1. The van der Waals surface area contributed by atoms with E-state index in [0.717, 1.165) is 23.8 Å². The molecular formula is C14H11ClN2O4. The molecule has 7 heteroatoms. The number of phenolic OH excluding ortho intramolecular Hbond substituents is 1. The summed E-state index contributed by atoms with van der Waals surface area (Å²) in [5.41, 5.74) is 0.417. The number of nitrogens with one attached hydrogen (secondary N) is 1. The molecule has 0 atom stereocenters. The van der Waals surface area contributed by atoms with E-state index in [1.807, 2.05) is 0 Å². The number of nitro groups is 1. The lowest BCUT2D eigenvalue weighted by Crippen LogP contribution is -2.22. The minimum Gasteiger partial charge on any atom is -0.507 e. The van der Waals surface area contributed by atoms with Crippen molar-refractivity contribution < 1.29 is 14.8 Å². The predicted octanol–water partition coefficient (Wildman–Crippen LogP) is 2.88. The van der Waals surface area contributed by atoms with Crippen LogP contribution in [-0.4, -0.2) is 15.9 Å². The van der Waals surface area contributed by atoms with Gasteiger partial charge in [0.15, 0.2) is 0 Å². The van der Waals surface area contributed by atoms with Gasteiger partial charge in [-0.3, -0.25) is 14.9 Å². The Balaban J connectivity index is 2.11. The van der Waals surface area contributed by atoms with Crippen molar-refractivity contribution in [3.63, 3.8) is 0 Å². The highest BCUT2D eigenvalue weighted by atomic mass is 35.5. The maximum atomic E-state index is 12.0. The number of phenols is 1. The Morgan fingerprint density at radius 1 is 1.24 bits per heavy atom. The molecule has 2 aromatic carbocycles. The third kappa shape index (κ3) is 3.70. The lowest BCUT2D eigenvalue weighted by molar-refractivity contribution is -0.384. The topological polar surface area (TPSA) is 92.5 Å². The summed E-state index contributed by atoms with van der Waals surface area (Å²) in [5, 5.41) is 23.5. The van der Waals surface area contributed by atoms with Crippen LogP contribution in [0.4, 0.5) is 5.69 Å². The molecule has 1 amide bonds. The van der Waals surface area contributed by atoms with E-state index in [-0.39, 0.29) is 23.5 Å². The van der Waals surface area contributed by atoms with Gasteiger partial charge in [-0.25, -0.2) is 0 Å². The molecule has 0 saturated carbocycles. The van der Waals surface area contributed by atoms with Crippen molar-refractivity contribution in [3.8, 4) is 5.75 Å². The van der Waals surface area contributed by atoms with E-state index in [2.05, 4.69) is 5.32 Å². The summed E-state index contributed by atoms with van der Waals surface area (Å²) < 4.78 is 0. The standard InChI is InChI=1S/C14H11ClN2O4/c15-10-3-1-9(2-4-10)8-16-14(19)12-7-11(17(20)21)5-6-13(12)18/h1-7,18H,8H2,(H,16,19). The van der Waals surface area contributed by atoms with Gasteiger partial charge in [0.05, 0.1) is 10.5 Å². The molecule has 0 aliphatic heterocycles. The Bertz CT molecular complexity index is 686. The largest absolute Gasteiger partial charge is 0.507 e. The van der Waals surface area contributed by atoms with Crippen molar-refractivity contribution in [1.29, 1.82) is 0 Å². The van der Waals surface area contributed by atoms with Crippen LogP contribution >= 0.6 is 11.6 Å². The molecule has 0 aliphatic rings. The Labute approximate surface area is 125 Å². The number of carbonyl (C=O) groups is 1. The summed E-state index contributed by atoms with van der Waals surface area (Å²) in [4.78, 5) is 22.0. The smallest absolute Gasteiger partial charge is 0.270 e. The summed E-state index contributed by atoms with van der Waals surface area (Å²) in [6, 6.07) is 10.2. The number of benzene rings is 2. The lowest BCUT2D eigenvalue weighted by Gasteiger charge is -2.07. The molecule has 0 radical (unpaired) electrons.